The summed E-state index contributed by atoms with van der Waals surface area (Å²) in [7, 11) is 3.51. The van der Waals surface area contributed by atoms with Crippen molar-refractivity contribution in [2.75, 3.05) is 27.2 Å². The van der Waals surface area contributed by atoms with E-state index in [0.717, 1.165) is 6.54 Å². The van der Waals surface area contributed by atoms with Crippen LogP contribution < -0.4 is 5.32 Å². The van der Waals surface area contributed by atoms with E-state index in [9.17, 15) is 9.59 Å². The maximum absolute atomic E-state index is 11.1. The van der Waals surface area contributed by atoms with Crippen LogP contribution in [0.4, 0.5) is 0 Å². The first kappa shape index (κ1) is 10.8. The molecule has 0 radical (unpaired) electrons. The Balaban J connectivity index is 3.76. The van der Waals surface area contributed by atoms with Crippen molar-refractivity contribution >= 4 is 12.2 Å². The summed E-state index contributed by atoms with van der Waals surface area (Å²) in [5, 5.41) is 2.92. The second-order valence-electron chi connectivity index (χ2n) is 2.36. The van der Waals surface area contributed by atoms with Gasteiger partial charge in [0.15, 0.2) is 0 Å². The van der Waals surface area contributed by atoms with E-state index in [2.05, 4.69) is 5.32 Å². The van der Waals surface area contributed by atoms with Crippen molar-refractivity contribution in [3.63, 3.8) is 0 Å². The highest BCUT2D eigenvalue weighted by atomic mass is 16.2. The van der Waals surface area contributed by atoms with Gasteiger partial charge in [-0.15, -0.1) is 0 Å². The Hall–Kier alpha value is -1.16. The van der Waals surface area contributed by atoms with Crippen LogP contribution in [0.3, 0.4) is 0 Å². The zero-order chi connectivity index (χ0) is 9.40. The van der Waals surface area contributed by atoms with Gasteiger partial charge in [-0.3, -0.25) is 9.59 Å². The average molecular weight is 170 g/mol. The van der Waals surface area contributed by atoms with Crippen molar-refractivity contribution in [3.05, 3.63) is 12.2 Å². The number of allylic oxidation sites excluding steroid dienone is 1. The second kappa shape index (κ2) is 6.54. The summed E-state index contributed by atoms with van der Waals surface area (Å²) in [6.07, 6.45) is 3.03. The fourth-order valence-electron chi connectivity index (χ4n) is 0.639. The fourth-order valence-corrected chi connectivity index (χ4v) is 0.639. The first-order valence-corrected chi connectivity index (χ1v) is 3.74. The van der Waals surface area contributed by atoms with Crippen LogP contribution in [-0.2, 0) is 9.59 Å². The first-order valence-electron chi connectivity index (χ1n) is 3.74. The van der Waals surface area contributed by atoms with Crippen LogP contribution in [-0.4, -0.2) is 44.3 Å². The number of amides is 1. The topological polar surface area (TPSA) is 49.4 Å². The number of aldehydes is 1. The van der Waals surface area contributed by atoms with E-state index < -0.39 is 0 Å². The molecule has 0 fully saturated rings. The molecule has 1 N–H and O–H groups in total. The Bertz CT molecular complexity index is 178. The Kier molecular flexibility index (Phi) is 5.91. The van der Waals surface area contributed by atoms with Crippen molar-refractivity contribution < 1.29 is 9.59 Å². The highest BCUT2D eigenvalue weighted by molar-refractivity contribution is 5.90. The lowest BCUT2D eigenvalue weighted by Crippen LogP contribution is -2.31. The predicted octanol–water partition coefficient (Wildman–Crippen LogP) is -0.581. The van der Waals surface area contributed by atoms with Crippen LogP contribution in [0.25, 0.3) is 0 Å². The lowest BCUT2D eigenvalue weighted by atomic mass is 10.4. The normalized spacial score (nSPS) is 10.2. The third-order valence-corrected chi connectivity index (χ3v) is 1.39. The summed E-state index contributed by atoms with van der Waals surface area (Å²) < 4.78 is 0. The molecule has 0 aliphatic heterocycles. The van der Waals surface area contributed by atoms with Crippen molar-refractivity contribution in [2.24, 2.45) is 0 Å². The molecular weight excluding hydrogens is 156 g/mol. The highest BCUT2D eigenvalue weighted by Crippen LogP contribution is 1.84. The van der Waals surface area contributed by atoms with Gasteiger partial charge in [0, 0.05) is 26.2 Å². The third kappa shape index (κ3) is 4.62. The molecule has 0 aromatic rings. The maximum atomic E-state index is 11.1. The largest absolute Gasteiger partial charge is 0.341 e. The molecule has 0 unspecified atom stereocenters. The van der Waals surface area contributed by atoms with Gasteiger partial charge in [0.1, 0.15) is 6.29 Å². The molecule has 68 valence electrons. The zero-order valence-electron chi connectivity index (χ0n) is 7.41. The van der Waals surface area contributed by atoms with Gasteiger partial charge in [-0.05, 0) is 13.1 Å². The van der Waals surface area contributed by atoms with Gasteiger partial charge in [-0.2, -0.15) is 0 Å². The van der Waals surface area contributed by atoms with Gasteiger partial charge in [-0.1, -0.05) is 0 Å². The highest BCUT2D eigenvalue weighted by Gasteiger charge is 2.01. The third-order valence-electron chi connectivity index (χ3n) is 1.39. The van der Waals surface area contributed by atoms with Gasteiger partial charge in [0.05, 0.1) is 0 Å². The quantitative estimate of drug-likeness (QED) is 0.443. The molecule has 0 saturated carbocycles. The van der Waals surface area contributed by atoms with E-state index in [1.165, 1.54) is 17.1 Å². The van der Waals surface area contributed by atoms with Crippen molar-refractivity contribution in [1.29, 1.82) is 0 Å². The summed E-state index contributed by atoms with van der Waals surface area (Å²) in [6, 6.07) is 0. The molecule has 12 heavy (non-hydrogen) atoms. The number of hydrogen-bond acceptors (Lipinski definition) is 3. The molecule has 0 aromatic heterocycles. The Morgan fingerprint density at radius 1 is 1.58 bits per heavy atom. The van der Waals surface area contributed by atoms with Crippen molar-refractivity contribution in [1.82, 2.24) is 10.2 Å². The monoisotopic (exact) mass is 170 g/mol. The number of likely N-dealkylation sites (N-methyl/N-ethyl adjacent to an activating group) is 2. The minimum atomic E-state index is -0.155. The molecule has 0 rings (SSSR count). The zero-order valence-corrected chi connectivity index (χ0v) is 7.41. The maximum Gasteiger partial charge on any atom is 0.246 e. The van der Waals surface area contributed by atoms with E-state index in [4.69, 9.17) is 0 Å². The lowest BCUT2D eigenvalue weighted by molar-refractivity contribution is -0.124. The summed E-state index contributed by atoms with van der Waals surface area (Å²) in [4.78, 5) is 22.5. The van der Waals surface area contributed by atoms with Gasteiger partial charge < -0.3 is 10.2 Å². The molecule has 0 aliphatic rings. The molecule has 4 heteroatoms. The number of rotatable bonds is 5. The van der Waals surface area contributed by atoms with E-state index >= 15 is 0 Å². The van der Waals surface area contributed by atoms with Crippen LogP contribution in [0, 0.1) is 0 Å². The Morgan fingerprint density at radius 2 is 2.25 bits per heavy atom. The number of hydrogen-bond donors (Lipinski definition) is 1. The molecule has 0 spiro atoms. The van der Waals surface area contributed by atoms with Gasteiger partial charge in [-0.25, -0.2) is 0 Å². The summed E-state index contributed by atoms with van der Waals surface area (Å²) >= 11 is 0. The summed E-state index contributed by atoms with van der Waals surface area (Å²) in [5.74, 6) is -0.155. The molecule has 4 nitrogen and oxygen atoms in total. The molecule has 0 saturated heterocycles. The van der Waals surface area contributed by atoms with Crippen LogP contribution in [0.1, 0.15) is 0 Å². The molecule has 0 heterocycles. The van der Waals surface area contributed by atoms with Gasteiger partial charge in [0.2, 0.25) is 5.91 Å². The molecular formula is C8H14N2O2. The Labute approximate surface area is 72.2 Å². The lowest BCUT2D eigenvalue weighted by Gasteiger charge is -2.13. The van der Waals surface area contributed by atoms with E-state index in [-0.39, 0.29) is 5.91 Å². The average Bonchev–Trinajstić information content (AvgIpc) is 2.10. The van der Waals surface area contributed by atoms with E-state index in [0.29, 0.717) is 12.8 Å². The SMILES string of the molecule is CNCCN(C)C(=O)/C=C\C=O. The minimum absolute atomic E-state index is 0.155. The van der Waals surface area contributed by atoms with Crippen LogP contribution in [0.5, 0.6) is 0 Å². The number of carbonyl (C=O) groups excluding carboxylic acids is 2. The molecule has 0 aromatic carbocycles. The number of carbonyl (C=O) groups is 2. The van der Waals surface area contributed by atoms with Crippen LogP contribution in [0.15, 0.2) is 12.2 Å². The van der Waals surface area contributed by atoms with Crippen LogP contribution in [0.2, 0.25) is 0 Å². The summed E-state index contributed by atoms with van der Waals surface area (Å²) in [6.45, 7) is 1.38. The number of nitrogens with zero attached hydrogens (tertiary/aromatic N) is 1. The van der Waals surface area contributed by atoms with E-state index in [1.54, 1.807) is 7.05 Å². The van der Waals surface area contributed by atoms with Crippen molar-refractivity contribution in [2.45, 2.75) is 0 Å². The van der Waals surface area contributed by atoms with Gasteiger partial charge >= 0.3 is 0 Å². The molecule has 1 amide bonds. The van der Waals surface area contributed by atoms with Crippen LogP contribution >= 0.6 is 0 Å². The fraction of sp³-hybridized carbons (Fsp3) is 0.500. The summed E-state index contributed by atoms with van der Waals surface area (Å²) in [5.41, 5.74) is 0. The first-order chi connectivity index (χ1) is 5.72. The molecule has 0 atom stereocenters. The predicted molar refractivity (Wildman–Crippen MR) is 46.8 cm³/mol. The molecule has 0 bridgehead atoms. The minimum Gasteiger partial charge on any atom is -0.341 e. The second-order valence-corrected chi connectivity index (χ2v) is 2.36. The van der Waals surface area contributed by atoms with E-state index in [1.807, 2.05) is 7.05 Å². The molecule has 0 aliphatic carbocycles. The number of nitrogens with one attached hydrogen (secondary N) is 1. The standard InChI is InChI=1S/C8H14N2O2/c1-9-5-6-10(2)8(12)4-3-7-11/h3-4,7,9H,5-6H2,1-2H3/b4-3-. The Morgan fingerprint density at radius 3 is 2.75 bits per heavy atom. The van der Waals surface area contributed by atoms with Gasteiger partial charge in [0.25, 0.3) is 0 Å². The smallest absolute Gasteiger partial charge is 0.246 e. The van der Waals surface area contributed by atoms with Crippen molar-refractivity contribution in [3.8, 4) is 0 Å².